The molecule has 0 atom stereocenters. The maximum Gasteiger partial charge on any atom is 0.194 e. The molecule has 2 aromatic carbocycles. The van der Waals surface area contributed by atoms with E-state index in [0.29, 0.717) is 0 Å². The second kappa shape index (κ2) is 3.07. The van der Waals surface area contributed by atoms with Crippen LogP contribution in [0, 0.1) is 0 Å². The van der Waals surface area contributed by atoms with Crippen molar-refractivity contribution in [1.82, 2.24) is 9.78 Å². The molecule has 0 saturated heterocycles. The highest BCUT2D eigenvalue weighted by molar-refractivity contribution is 6.24. The molecule has 0 spiro atoms. The van der Waals surface area contributed by atoms with E-state index >= 15 is 0 Å². The van der Waals surface area contributed by atoms with Gasteiger partial charge >= 0.3 is 0 Å². The quantitative estimate of drug-likeness (QED) is 0.469. The van der Waals surface area contributed by atoms with Gasteiger partial charge in [0.2, 0.25) is 0 Å². The molecule has 0 radical (unpaired) electrons. The zero-order valence-electron chi connectivity index (χ0n) is 9.84. The van der Waals surface area contributed by atoms with Crippen LogP contribution in [0.3, 0.4) is 0 Å². The maximum atomic E-state index is 12.5. The highest BCUT2D eigenvalue weighted by Crippen LogP contribution is 2.38. The Labute approximate surface area is 104 Å². The molecule has 0 N–H and O–H groups in total. The van der Waals surface area contributed by atoms with Gasteiger partial charge in [-0.2, -0.15) is 5.10 Å². The minimum Gasteiger partial charge on any atom is -0.289 e. The summed E-state index contributed by atoms with van der Waals surface area (Å²) in [6.07, 6.45) is 0. The van der Waals surface area contributed by atoms with Crippen molar-refractivity contribution in [2.75, 3.05) is 0 Å². The van der Waals surface area contributed by atoms with E-state index in [4.69, 9.17) is 0 Å². The predicted octanol–water partition coefficient (Wildman–Crippen LogP) is 2.78. The number of nitrogens with zero attached hydrogens (tertiary/aromatic N) is 2. The van der Waals surface area contributed by atoms with E-state index in [2.05, 4.69) is 5.10 Å². The van der Waals surface area contributed by atoms with E-state index < -0.39 is 0 Å². The number of aryl methyl sites for hydroxylation is 1. The normalized spacial score (nSPS) is 12.8. The molecular weight excluding hydrogens is 224 g/mol. The molecule has 1 aliphatic carbocycles. The fraction of sp³-hybridized carbons (Fsp3) is 0.0667. The Morgan fingerprint density at radius 2 is 1.67 bits per heavy atom. The van der Waals surface area contributed by atoms with Gasteiger partial charge in [0.25, 0.3) is 0 Å². The van der Waals surface area contributed by atoms with Crippen LogP contribution in [0.25, 0.3) is 22.2 Å². The lowest BCUT2D eigenvalue weighted by atomic mass is 9.87. The molecule has 0 saturated carbocycles. The van der Waals surface area contributed by atoms with Gasteiger partial charge in [0.05, 0.1) is 5.52 Å². The fourth-order valence-corrected chi connectivity index (χ4v) is 2.72. The number of carbonyl (C=O) groups is 1. The van der Waals surface area contributed by atoms with E-state index in [1.807, 2.05) is 54.2 Å². The number of rotatable bonds is 0. The van der Waals surface area contributed by atoms with Crippen LogP contribution in [0.2, 0.25) is 0 Å². The standard InChI is InChI=1S/C15H10N2O/c1-17-12-8-4-7-11-13(12)14(16-17)9-5-2-3-6-10(9)15(11)18/h2-8H,1H3. The summed E-state index contributed by atoms with van der Waals surface area (Å²) < 4.78 is 1.84. The van der Waals surface area contributed by atoms with Crippen LogP contribution in [-0.2, 0) is 7.05 Å². The van der Waals surface area contributed by atoms with Crippen LogP contribution in [0.4, 0.5) is 0 Å². The highest BCUT2D eigenvalue weighted by Gasteiger charge is 2.27. The fourth-order valence-electron chi connectivity index (χ4n) is 2.72. The Morgan fingerprint density at radius 1 is 0.944 bits per heavy atom. The number of fused-ring (bicyclic) bond motifs is 2. The zero-order chi connectivity index (χ0) is 12.3. The minimum atomic E-state index is 0.0942. The third-order valence-electron chi connectivity index (χ3n) is 3.55. The second-order valence-electron chi connectivity index (χ2n) is 4.55. The number of benzene rings is 2. The summed E-state index contributed by atoms with van der Waals surface area (Å²) >= 11 is 0. The van der Waals surface area contributed by atoms with Crippen LogP contribution in [-0.4, -0.2) is 15.6 Å². The molecule has 4 rings (SSSR count). The molecule has 3 heteroatoms. The number of carbonyl (C=O) groups excluding carboxylic acids is 1. The largest absolute Gasteiger partial charge is 0.289 e. The summed E-state index contributed by atoms with van der Waals surface area (Å²) in [5.74, 6) is 0.0942. The molecule has 3 aromatic rings. The molecule has 0 amide bonds. The Kier molecular flexibility index (Phi) is 1.64. The van der Waals surface area contributed by atoms with Crippen molar-refractivity contribution in [2.45, 2.75) is 0 Å². The molecule has 18 heavy (non-hydrogen) atoms. The Balaban J connectivity index is 2.28. The van der Waals surface area contributed by atoms with Gasteiger partial charge in [-0.1, -0.05) is 36.4 Å². The van der Waals surface area contributed by atoms with E-state index in [9.17, 15) is 4.79 Å². The number of hydrogen-bond acceptors (Lipinski definition) is 2. The monoisotopic (exact) mass is 234 g/mol. The number of ketones is 1. The first kappa shape index (κ1) is 9.59. The zero-order valence-corrected chi connectivity index (χ0v) is 9.84. The lowest BCUT2D eigenvalue weighted by Gasteiger charge is -2.13. The van der Waals surface area contributed by atoms with Crippen molar-refractivity contribution in [3.8, 4) is 11.3 Å². The molecule has 1 heterocycles. The summed E-state index contributed by atoms with van der Waals surface area (Å²) in [6.45, 7) is 0. The van der Waals surface area contributed by atoms with Crippen molar-refractivity contribution in [2.24, 2.45) is 7.05 Å². The van der Waals surface area contributed by atoms with Gasteiger partial charge in [-0.25, -0.2) is 0 Å². The highest BCUT2D eigenvalue weighted by atomic mass is 16.1. The molecule has 0 fully saturated rings. The van der Waals surface area contributed by atoms with E-state index in [-0.39, 0.29) is 5.78 Å². The van der Waals surface area contributed by atoms with Gasteiger partial charge in [0, 0.05) is 29.1 Å². The number of hydrogen-bond donors (Lipinski definition) is 0. The Hall–Kier alpha value is -2.42. The predicted molar refractivity (Wildman–Crippen MR) is 69.6 cm³/mol. The summed E-state index contributed by atoms with van der Waals surface area (Å²) in [5.41, 5.74) is 4.36. The maximum absolute atomic E-state index is 12.5. The molecule has 0 aliphatic heterocycles. The van der Waals surface area contributed by atoms with Crippen molar-refractivity contribution in [1.29, 1.82) is 0 Å². The number of aromatic nitrogens is 2. The smallest absolute Gasteiger partial charge is 0.194 e. The molecular formula is C15H10N2O. The van der Waals surface area contributed by atoms with Crippen LogP contribution >= 0.6 is 0 Å². The molecule has 1 aromatic heterocycles. The first-order valence-corrected chi connectivity index (χ1v) is 5.87. The van der Waals surface area contributed by atoms with Gasteiger partial charge in [-0.3, -0.25) is 9.48 Å². The molecule has 3 nitrogen and oxygen atoms in total. The Morgan fingerprint density at radius 3 is 2.50 bits per heavy atom. The van der Waals surface area contributed by atoms with Gasteiger partial charge in [-0.05, 0) is 6.07 Å². The molecule has 86 valence electrons. The molecule has 1 aliphatic rings. The van der Waals surface area contributed by atoms with Crippen LogP contribution in [0.1, 0.15) is 15.9 Å². The van der Waals surface area contributed by atoms with E-state index in [1.54, 1.807) is 0 Å². The summed E-state index contributed by atoms with van der Waals surface area (Å²) in [7, 11) is 1.91. The van der Waals surface area contributed by atoms with Gasteiger partial charge in [-0.15, -0.1) is 0 Å². The molecule has 0 unspecified atom stereocenters. The third-order valence-corrected chi connectivity index (χ3v) is 3.55. The topological polar surface area (TPSA) is 34.9 Å². The summed E-state index contributed by atoms with van der Waals surface area (Å²) in [6, 6.07) is 13.5. The van der Waals surface area contributed by atoms with E-state index in [1.165, 1.54) is 0 Å². The molecule has 0 bridgehead atoms. The average Bonchev–Trinajstić information content (AvgIpc) is 2.75. The third kappa shape index (κ3) is 0.991. The van der Waals surface area contributed by atoms with Crippen molar-refractivity contribution < 1.29 is 4.79 Å². The second-order valence-corrected chi connectivity index (χ2v) is 4.55. The van der Waals surface area contributed by atoms with Gasteiger partial charge in [0.1, 0.15) is 5.69 Å². The van der Waals surface area contributed by atoms with Crippen LogP contribution in [0.5, 0.6) is 0 Å². The minimum absolute atomic E-state index is 0.0942. The Bertz CT molecular complexity index is 814. The first-order valence-electron chi connectivity index (χ1n) is 5.87. The van der Waals surface area contributed by atoms with Crippen LogP contribution < -0.4 is 0 Å². The van der Waals surface area contributed by atoms with E-state index in [0.717, 1.165) is 33.3 Å². The first-order chi connectivity index (χ1) is 8.77. The van der Waals surface area contributed by atoms with Crippen LogP contribution in [0.15, 0.2) is 42.5 Å². The lowest BCUT2D eigenvalue weighted by molar-refractivity contribution is 0.104. The summed E-state index contributed by atoms with van der Waals surface area (Å²) in [4.78, 5) is 12.5. The van der Waals surface area contributed by atoms with Gasteiger partial charge in [0.15, 0.2) is 5.78 Å². The SMILES string of the molecule is Cn1nc2c3c(cccc31)C(=O)c1ccccc1-2. The van der Waals surface area contributed by atoms with Gasteiger partial charge < -0.3 is 0 Å². The lowest BCUT2D eigenvalue weighted by Crippen LogP contribution is -2.08. The van der Waals surface area contributed by atoms with Crippen molar-refractivity contribution >= 4 is 16.7 Å². The van der Waals surface area contributed by atoms with Crippen molar-refractivity contribution in [3.63, 3.8) is 0 Å². The van der Waals surface area contributed by atoms with Crippen molar-refractivity contribution in [3.05, 3.63) is 53.6 Å². The average molecular weight is 234 g/mol. The summed E-state index contributed by atoms with van der Waals surface area (Å²) in [5, 5.41) is 5.54.